The Morgan fingerprint density at radius 3 is 1.34 bits per heavy atom. The summed E-state index contributed by atoms with van der Waals surface area (Å²) in [6, 6.07) is -0.884. The van der Waals surface area contributed by atoms with Gasteiger partial charge < -0.3 is 89.9 Å². The zero-order valence-electron chi connectivity index (χ0n) is 46.2. The van der Waals surface area contributed by atoms with Crippen molar-refractivity contribution in [3.63, 3.8) is 0 Å². The molecule has 0 aromatic heterocycles. The van der Waals surface area contributed by atoms with E-state index in [4.69, 9.17) is 28.4 Å². The lowest BCUT2D eigenvalue weighted by Gasteiger charge is -2.48. The highest BCUT2D eigenvalue weighted by Gasteiger charge is 2.53. The number of nitrogens with one attached hydrogen (secondary N) is 1. The maximum Gasteiger partial charge on any atom is 0.220 e. The molecule has 0 spiro atoms. The van der Waals surface area contributed by atoms with Crippen LogP contribution in [-0.4, -0.2) is 193 Å². The van der Waals surface area contributed by atoms with Crippen LogP contribution in [0.2, 0.25) is 0 Å². The molecule has 0 aliphatic carbocycles. The lowest BCUT2D eigenvalue weighted by Crippen LogP contribution is -2.66. The van der Waals surface area contributed by atoms with Crippen LogP contribution < -0.4 is 5.32 Å². The van der Waals surface area contributed by atoms with Crippen molar-refractivity contribution in [3.8, 4) is 0 Å². The number of amides is 1. The Morgan fingerprint density at radius 1 is 0.474 bits per heavy atom. The first-order chi connectivity index (χ1) is 36.8. The van der Waals surface area contributed by atoms with Crippen LogP contribution in [0.15, 0.2) is 24.3 Å². The number of unbranched alkanes of at least 4 members (excludes halogenated alkanes) is 23. The molecule has 12 N–H and O–H groups in total. The Kier molecular flexibility index (Phi) is 37.2. The molecule has 17 unspecified atom stereocenters. The van der Waals surface area contributed by atoms with E-state index < -0.39 is 124 Å². The fraction of sp³-hybridized carbons (Fsp3) is 0.912. The number of hydrogen-bond acceptors (Lipinski definition) is 18. The van der Waals surface area contributed by atoms with Crippen LogP contribution in [0, 0.1) is 0 Å². The average molecular weight is 1090 g/mol. The van der Waals surface area contributed by atoms with Gasteiger partial charge in [0.15, 0.2) is 18.9 Å². The summed E-state index contributed by atoms with van der Waals surface area (Å²) in [4.78, 5) is 13.3. The van der Waals surface area contributed by atoms with Crippen molar-refractivity contribution >= 4 is 5.91 Å². The molecule has 3 aliphatic rings. The molecule has 1 amide bonds. The second kappa shape index (κ2) is 41.3. The number of allylic oxidation sites excluding steroid dienone is 4. The van der Waals surface area contributed by atoms with Crippen molar-refractivity contribution in [2.75, 3.05) is 26.4 Å². The average Bonchev–Trinajstić information content (AvgIpc) is 3.42. The first-order valence-electron chi connectivity index (χ1n) is 29.6. The van der Waals surface area contributed by atoms with Crippen molar-refractivity contribution in [2.24, 2.45) is 0 Å². The van der Waals surface area contributed by atoms with Crippen molar-refractivity contribution in [1.82, 2.24) is 5.32 Å². The van der Waals surface area contributed by atoms with Gasteiger partial charge in [-0.25, -0.2) is 0 Å². The van der Waals surface area contributed by atoms with Crippen molar-refractivity contribution < 1.29 is 89.4 Å². The minimum absolute atomic E-state index is 0.249. The van der Waals surface area contributed by atoms with Crippen LogP contribution in [-0.2, 0) is 33.2 Å². The van der Waals surface area contributed by atoms with E-state index in [0.717, 1.165) is 57.8 Å². The van der Waals surface area contributed by atoms with Gasteiger partial charge in [0, 0.05) is 6.42 Å². The summed E-state index contributed by atoms with van der Waals surface area (Å²) < 4.78 is 34.2. The standard InChI is InChI=1S/C57H105NO18/c1-3-5-7-9-11-13-14-15-16-17-18-19-20-21-22-23-24-25-26-27-29-31-33-35-45(63)58-40(41(62)34-32-30-28-12-10-8-6-4-2)39-71-55-51(69)48(66)53(43(37-60)73-55)76-57-52(70)49(67)54(44(38-61)74-57)75-56-50(68)47(65)46(64)42(36-59)72-56/h14-15,17-18,40-44,46-57,59-62,64-70H,3-13,16,19-39H2,1-2H3,(H,58,63)/b15-14-,18-17-. The Morgan fingerprint density at radius 2 is 0.868 bits per heavy atom. The van der Waals surface area contributed by atoms with Gasteiger partial charge in [0.25, 0.3) is 0 Å². The van der Waals surface area contributed by atoms with Gasteiger partial charge in [-0.3, -0.25) is 4.79 Å². The highest BCUT2D eigenvalue weighted by Crippen LogP contribution is 2.33. The predicted molar refractivity (Wildman–Crippen MR) is 286 cm³/mol. The van der Waals surface area contributed by atoms with Crippen molar-refractivity contribution in [3.05, 3.63) is 24.3 Å². The van der Waals surface area contributed by atoms with Crippen LogP contribution in [0.25, 0.3) is 0 Å². The SMILES string of the molecule is CCCCCCC/C=C\C/C=C\CCCCCCCCCCCCCC(=O)NC(COC1OC(CO)C(OC2OC(CO)C(OC3OC(CO)C(O)C(O)C3O)C(O)C2O)C(O)C1O)C(O)CCCCCCCCCC. The molecule has 3 aliphatic heterocycles. The summed E-state index contributed by atoms with van der Waals surface area (Å²) in [5, 5.41) is 120. The van der Waals surface area contributed by atoms with Gasteiger partial charge in [0.05, 0.1) is 38.6 Å². The minimum Gasteiger partial charge on any atom is -0.394 e. The van der Waals surface area contributed by atoms with Crippen molar-refractivity contribution in [2.45, 2.75) is 304 Å². The third kappa shape index (κ3) is 25.4. The molecule has 19 heteroatoms. The molecule has 3 rings (SSSR count). The third-order valence-corrected chi connectivity index (χ3v) is 15.0. The number of aliphatic hydroxyl groups is 11. The quantitative estimate of drug-likeness (QED) is 0.0289. The van der Waals surface area contributed by atoms with E-state index in [-0.39, 0.29) is 18.9 Å². The molecule has 17 atom stereocenters. The third-order valence-electron chi connectivity index (χ3n) is 15.0. The van der Waals surface area contributed by atoms with E-state index in [9.17, 15) is 61.0 Å². The van der Waals surface area contributed by atoms with Crippen LogP contribution in [0.1, 0.15) is 200 Å². The number of carbonyl (C=O) groups is 1. The fourth-order valence-corrected chi connectivity index (χ4v) is 10.1. The van der Waals surface area contributed by atoms with Gasteiger partial charge >= 0.3 is 0 Å². The second-order valence-corrected chi connectivity index (χ2v) is 21.5. The second-order valence-electron chi connectivity index (χ2n) is 21.5. The molecule has 446 valence electrons. The summed E-state index contributed by atoms with van der Waals surface area (Å²) in [6.07, 6.45) is 14.4. The molecule has 0 aromatic rings. The summed E-state index contributed by atoms with van der Waals surface area (Å²) in [6.45, 7) is 1.72. The molecule has 3 saturated heterocycles. The number of hydrogen-bond donors (Lipinski definition) is 12. The van der Waals surface area contributed by atoms with E-state index >= 15 is 0 Å². The lowest BCUT2D eigenvalue weighted by molar-refractivity contribution is -0.379. The Balaban J connectivity index is 1.43. The normalized spacial score (nSPS) is 31.1. The van der Waals surface area contributed by atoms with Gasteiger partial charge in [0.2, 0.25) is 5.91 Å². The van der Waals surface area contributed by atoms with Crippen LogP contribution in [0.4, 0.5) is 0 Å². The molecule has 0 aromatic carbocycles. The Bertz CT molecular complexity index is 1490. The summed E-state index contributed by atoms with van der Waals surface area (Å²) in [5.41, 5.74) is 0. The number of ether oxygens (including phenoxy) is 6. The summed E-state index contributed by atoms with van der Waals surface area (Å²) in [7, 11) is 0. The molecule has 3 fully saturated rings. The van der Waals surface area contributed by atoms with E-state index in [2.05, 4.69) is 43.5 Å². The maximum absolute atomic E-state index is 13.3. The summed E-state index contributed by atoms with van der Waals surface area (Å²) >= 11 is 0. The molecule has 0 bridgehead atoms. The number of rotatable bonds is 43. The summed E-state index contributed by atoms with van der Waals surface area (Å²) in [5.74, 6) is -0.249. The number of carbonyl (C=O) groups excluding carboxylic acids is 1. The predicted octanol–water partition coefficient (Wildman–Crippen LogP) is 4.76. The smallest absolute Gasteiger partial charge is 0.220 e. The molecule has 0 radical (unpaired) electrons. The molecule has 3 heterocycles. The van der Waals surface area contributed by atoms with Crippen LogP contribution >= 0.6 is 0 Å². The topological polar surface area (TPSA) is 307 Å². The Hall–Kier alpha value is -1.73. The van der Waals surface area contributed by atoms with Gasteiger partial charge in [-0.1, -0.05) is 173 Å². The van der Waals surface area contributed by atoms with Crippen LogP contribution in [0.5, 0.6) is 0 Å². The molecular formula is C57H105NO18. The van der Waals surface area contributed by atoms with E-state index in [1.54, 1.807) is 0 Å². The minimum atomic E-state index is -1.97. The van der Waals surface area contributed by atoms with Crippen LogP contribution in [0.3, 0.4) is 0 Å². The first kappa shape index (κ1) is 68.5. The molecule has 19 nitrogen and oxygen atoms in total. The van der Waals surface area contributed by atoms with E-state index in [1.165, 1.54) is 109 Å². The van der Waals surface area contributed by atoms with Gasteiger partial charge in [-0.05, 0) is 44.9 Å². The van der Waals surface area contributed by atoms with Crippen molar-refractivity contribution in [1.29, 1.82) is 0 Å². The van der Waals surface area contributed by atoms with E-state index in [1.807, 2.05) is 0 Å². The maximum atomic E-state index is 13.3. The van der Waals surface area contributed by atoms with E-state index in [0.29, 0.717) is 12.8 Å². The highest BCUT2D eigenvalue weighted by molar-refractivity contribution is 5.76. The fourth-order valence-electron chi connectivity index (χ4n) is 10.1. The van der Waals surface area contributed by atoms with Gasteiger partial charge in [-0.15, -0.1) is 0 Å². The van der Waals surface area contributed by atoms with Gasteiger partial charge in [-0.2, -0.15) is 0 Å². The van der Waals surface area contributed by atoms with Gasteiger partial charge in [0.1, 0.15) is 73.2 Å². The highest BCUT2D eigenvalue weighted by atomic mass is 16.8. The number of aliphatic hydroxyl groups excluding tert-OH is 11. The largest absolute Gasteiger partial charge is 0.394 e. The monoisotopic (exact) mass is 1090 g/mol. The zero-order chi connectivity index (χ0) is 55.5. The molecule has 0 saturated carbocycles. The zero-order valence-corrected chi connectivity index (χ0v) is 46.2. The first-order valence-corrected chi connectivity index (χ1v) is 29.6. The molecular weight excluding hydrogens is 987 g/mol. The Labute approximate surface area is 454 Å². The lowest BCUT2D eigenvalue weighted by atomic mass is 9.96. The molecule has 76 heavy (non-hydrogen) atoms.